The molecule has 148 valence electrons. The maximum Gasteiger partial charge on any atom is 0.131 e. The van der Waals surface area contributed by atoms with Gasteiger partial charge in [-0.3, -0.25) is 10.1 Å². The Hall–Kier alpha value is -4.25. The molecule has 0 aliphatic heterocycles. The first-order chi connectivity index (χ1) is 15.3. The van der Waals surface area contributed by atoms with Crippen molar-refractivity contribution in [1.29, 1.82) is 0 Å². The van der Waals surface area contributed by atoms with Crippen molar-refractivity contribution in [3.8, 4) is 33.6 Å². The van der Waals surface area contributed by atoms with Crippen LogP contribution in [-0.2, 0) is 0 Å². The zero-order valence-corrected chi connectivity index (χ0v) is 16.4. The summed E-state index contributed by atoms with van der Waals surface area (Å²) < 4.78 is 14.5. The molecule has 3 aromatic carbocycles. The van der Waals surface area contributed by atoms with E-state index in [1.165, 1.54) is 6.07 Å². The first-order valence-corrected chi connectivity index (χ1v) is 10.0. The molecule has 2 N–H and O–H groups in total. The third-order valence-electron chi connectivity index (χ3n) is 5.66. The van der Waals surface area contributed by atoms with E-state index in [1.807, 2.05) is 54.6 Å². The van der Waals surface area contributed by atoms with Gasteiger partial charge in [-0.15, -0.1) is 0 Å². The van der Waals surface area contributed by atoms with Crippen molar-refractivity contribution in [3.63, 3.8) is 0 Å². The van der Waals surface area contributed by atoms with Crippen LogP contribution in [0.25, 0.3) is 55.4 Å². The number of aromatic amines is 2. The second-order valence-corrected chi connectivity index (χ2v) is 7.50. The molecule has 31 heavy (non-hydrogen) atoms. The standard InChI is InChI=1S/C26H17FN4/c27-22-6-2-1-4-19(22)18-5-3-7-23-20(18)15-25(29-23)26-21-14-17(8-9-24(21)30-31-26)16-10-12-28-13-11-16/h1-15,29H,(H,30,31). The summed E-state index contributed by atoms with van der Waals surface area (Å²) in [4.78, 5) is 7.57. The van der Waals surface area contributed by atoms with E-state index >= 15 is 0 Å². The number of H-pyrrole nitrogens is 2. The van der Waals surface area contributed by atoms with E-state index in [4.69, 9.17) is 0 Å². The van der Waals surface area contributed by atoms with E-state index in [0.29, 0.717) is 5.56 Å². The van der Waals surface area contributed by atoms with E-state index in [1.54, 1.807) is 18.5 Å². The molecule has 0 radical (unpaired) electrons. The smallest absolute Gasteiger partial charge is 0.131 e. The minimum absolute atomic E-state index is 0.232. The SMILES string of the molecule is Fc1ccccc1-c1cccc2[nH]c(-c3n[nH]c4ccc(-c5ccncc5)cc34)cc12. The fraction of sp³-hybridized carbons (Fsp3) is 0. The molecule has 0 bridgehead atoms. The Morgan fingerprint density at radius 2 is 1.52 bits per heavy atom. The molecule has 0 amide bonds. The number of rotatable bonds is 3. The van der Waals surface area contributed by atoms with Gasteiger partial charge >= 0.3 is 0 Å². The van der Waals surface area contributed by atoms with Crippen LogP contribution in [0, 0.1) is 5.82 Å². The monoisotopic (exact) mass is 404 g/mol. The zero-order valence-electron chi connectivity index (χ0n) is 16.4. The van der Waals surface area contributed by atoms with E-state index in [2.05, 4.69) is 32.3 Å². The van der Waals surface area contributed by atoms with E-state index < -0.39 is 0 Å². The average Bonchev–Trinajstić information content (AvgIpc) is 3.43. The van der Waals surface area contributed by atoms with Crippen LogP contribution in [-0.4, -0.2) is 20.2 Å². The molecule has 3 heterocycles. The molecule has 0 fully saturated rings. The summed E-state index contributed by atoms with van der Waals surface area (Å²) in [5.41, 5.74) is 7.26. The lowest BCUT2D eigenvalue weighted by Gasteiger charge is -2.04. The summed E-state index contributed by atoms with van der Waals surface area (Å²) in [6.07, 6.45) is 3.58. The molecule has 4 nitrogen and oxygen atoms in total. The number of pyridine rings is 1. The number of benzene rings is 3. The van der Waals surface area contributed by atoms with Gasteiger partial charge in [0.05, 0.1) is 11.2 Å². The molecule has 3 aromatic heterocycles. The van der Waals surface area contributed by atoms with Gasteiger partial charge in [0.15, 0.2) is 0 Å². The van der Waals surface area contributed by atoms with Gasteiger partial charge in [-0.25, -0.2) is 4.39 Å². The molecule has 0 spiro atoms. The molecular weight excluding hydrogens is 387 g/mol. The van der Waals surface area contributed by atoms with Crippen LogP contribution < -0.4 is 0 Å². The van der Waals surface area contributed by atoms with Crippen molar-refractivity contribution in [2.24, 2.45) is 0 Å². The maximum absolute atomic E-state index is 14.5. The fourth-order valence-corrected chi connectivity index (χ4v) is 4.14. The molecule has 6 aromatic rings. The van der Waals surface area contributed by atoms with Crippen molar-refractivity contribution >= 4 is 21.8 Å². The van der Waals surface area contributed by atoms with Crippen molar-refractivity contribution in [2.45, 2.75) is 0 Å². The van der Waals surface area contributed by atoms with Gasteiger partial charge < -0.3 is 4.98 Å². The minimum atomic E-state index is -0.232. The van der Waals surface area contributed by atoms with E-state index in [0.717, 1.165) is 49.9 Å². The van der Waals surface area contributed by atoms with Crippen molar-refractivity contribution in [2.75, 3.05) is 0 Å². The van der Waals surface area contributed by atoms with Gasteiger partial charge in [0.25, 0.3) is 0 Å². The van der Waals surface area contributed by atoms with Gasteiger partial charge in [-0.1, -0.05) is 36.4 Å². The lowest BCUT2D eigenvalue weighted by molar-refractivity contribution is 0.631. The summed E-state index contributed by atoms with van der Waals surface area (Å²) in [5.74, 6) is -0.232. The predicted octanol–water partition coefficient (Wildman–Crippen LogP) is 6.58. The van der Waals surface area contributed by atoms with E-state index in [9.17, 15) is 4.39 Å². The zero-order chi connectivity index (χ0) is 20.8. The summed E-state index contributed by atoms with van der Waals surface area (Å²) in [6, 6.07) is 25.0. The van der Waals surface area contributed by atoms with Crippen molar-refractivity contribution in [1.82, 2.24) is 20.2 Å². The Bertz CT molecular complexity index is 1550. The second-order valence-electron chi connectivity index (χ2n) is 7.50. The predicted molar refractivity (Wildman–Crippen MR) is 122 cm³/mol. The highest BCUT2D eigenvalue weighted by molar-refractivity contribution is 6.01. The highest BCUT2D eigenvalue weighted by atomic mass is 19.1. The molecule has 0 atom stereocenters. The number of halogens is 1. The highest BCUT2D eigenvalue weighted by Gasteiger charge is 2.15. The maximum atomic E-state index is 14.5. The van der Waals surface area contributed by atoms with Gasteiger partial charge in [-0.05, 0) is 59.2 Å². The molecule has 0 aliphatic carbocycles. The molecular formula is C26H17FN4. The van der Waals surface area contributed by atoms with E-state index in [-0.39, 0.29) is 5.82 Å². The Labute approximate surface area is 177 Å². The van der Waals surface area contributed by atoms with Gasteiger partial charge in [0.2, 0.25) is 0 Å². The number of nitrogens with one attached hydrogen (secondary N) is 2. The van der Waals surface area contributed by atoms with Crippen molar-refractivity contribution in [3.05, 3.63) is 97.1 Å². The molecule has 0 unspecified atom stereocenters. The molecule has 5 heteroatoms. The largest absolute Gasteiger partial charge is 0.353 e. The topological polar surface area (TPSA) is 57.4 Å². The van der Waals surface area contributed by atoms with Crippen LogP contribution in [0.15, 0.2) is 91.3 Å². The number of nitrogens with zero attached hydrogens (tertiary/aromatic N) is 2. The number of hydrogen-bond donors (Lipinski definition) is 2. The average molecular weight is 404 g/mol. The lowest BCUT2D eigenvalue weighted by atomic mass is 10.0. The third-order valence-corrected chi connectivity index (χ3v) is 5.66. The van der Waals surface area contributed by atoms with Crippen LogP contribution in [0.3, 0.4) is 0 Å². The van der Waals surface area contributed by atoms with Crippen LogP contribution >= 0.6 is 0 Å². The summed E-state index contributed by atoms with van der Waals surface area (Å²) in [5, 5.41) is 9.68. The summed E-state index contributed by atoms with van der Waals surface area (Å²) in [6.45, 7) is 0. The first-order valence-electron chi connectivity index (χ1n) is 10.0. The van der Waals surface area contributed by atoms with Crippen LogP contribution in [0.4, 0.5) is 4.39 Å². The molecule has 6 rings (SSSR count). The molecule has 0 saturated carbocycles. The van der Waals surface area contributed by atoms with Gasteiger partial charge in [0, 0.05) is 34.2 Å². The normalized spacial score (nSPS) is 11.4. The summed E-state index contributed by atoms with van der Waals surface area (Å²) in [7, 11) is 0. The van der Waals surface area contributed by atoms with Crippen molar-refractivity contribution < 1.29 is 4.39 Å². The van der Waals surface area contributed by atoms with Crippen LogP contribution in [0.1, 0.15) is 0 Å². The lowest BCUT2D eigenvalue weighted by Crippen LogP contribution is -1.83. The molecule has 0 saturated heterocycles. The van der Waals surface area contributed by atoms with Crippen LogP contribution in [0.2, 0.25) is 0 Å². The number of hydrogen-bond acceptors (Lipinski definition) is 2. The number of fused-ring (bicyclic) bond motifs is 2. The highest BCUT2D eigenvalue weighted by Crippen LogP contribution is 2.35. The minimum Gasteiger partial charge on any atom is -0.353 e. The Morgan fingerprint density at radius 1 is 0.677 bits per heavy atom. The van der Waals surface area contributed by atoms with Gasteiger partial charge in [0.1, 0.15) is 11.5 Å². The Kier molecular flexibility index (Phi) is 3.93. The second kappa shape index (κ2) is 6.92. The van der Waals surface area contributed by atoms with Crippen LogP contribution in [0.5, 0.6) is 0 Å². The van der Waals surface area contributed by atoms with Gasteiger partial charge in [-0.2, -0.15) is 5.10 Å². The Balaban J connectivity index is 1.53. The fourth-order valence-electron chi connectivity index (χ4n) is 4.14. The summed E-state index contributed by atoms with van der Waals surface area (Å²) >= 11 is 0. The molecule has 0 aliphatic rings. The number of aromatic nitrogens is 4. The Morgan fingerprint density at radius 3 is 2.39 bits per heavy atom. The first kappa shape index (κ1) is 17.6. The quantitative estimate of drug-likeness (QED) is 0.350. The third kappa shape index (κ3) is 2.90.